The molecule has 4 nitrogen and oxygen atoms in total. The Morgan fingerprint density at radius 3 is 1.69 bits per heavy atom. The van der Waals surface area contributed by atoms with Crippen molar-refractivity contribution in [1.82, 2.24) is 15.0 Å². The SMILES string of the molecule is c1ccc(-c2ccc(-c3nc(-c4ccccc4)nc(-c4cccc5oc6ccc(-c7cccc8ccc9ccccc9c78)cc6c45)n3)cc2)cc1. The quantitative estimate of drug-likeness (QED) is 0.174. The first kappa shape index (κ1) is 29.0. The van der Waals surface area contributed by atoms with E-state index in [1.54, 1.807) is 0 Å². The third-order valence-electron chi connectivity index (χ3n) is 9.73. The molecule has 0 atom stereocenters. The third-order valence-corrected chi connectivity index (χ3v) is 9.73. The van der Waals surface area contributed by atoms with Gasteiger partial charge in [-0.05, 0) is 62.0 Å². The summed E-state index contributed by atoms with van der Waals surface area (Å²) in [6.45, 7) is 0. The van der Waals surface area contributed by atoms with Gasteiger partial charge in [0.05, 0.1) is 0 Å². The van der Waals surface area contributed by atoms with Gasteiger partial charge in [-0.15, -0.1) is 0 Å². The van der Waals surface area contributed by atoms with E-state index < -0.39 is 0 Å². The number of furan rings is 1. The van der Waals surface area contributed by atoms with Crippen molar-refractivity contribution < 1.29 is 4.42 Å². The number of aromatic nitrogens is 3. The van der Waals surface area contributed by atoms with Crippen LogP contribution >= 0.6 is 0 Å². The van der Waals surface area contributed by atoms with Crippen molar-refractivity contribution in [1.29, 1.82) is 0 Å². The van der Waals surface area contributed by atoms with Gasteiger partial charge in [-0.1, -0.05) is 158 Å². The maximum absolute atomic E-state index is 6.48. The summed E-state index contributed by atoms with van der Waals surface area (Å²) in [5.41, 5.74) is 8.98. The molecule has 0 aliphatic carbocycles. The number of hydrogen-bond donors (Lipinski definition) is 0. The highest BCUT2D eigenvalue weighted by atomic mass is 16.3. The standard InChI is InChI=1S/C47H29N3O/c1-3-11-30(12-4-1)31-21-25-35(26-22-31)46-48-45(34-14-5-2-6-15-34)49-47(50-46)39-19-10-20-42-44(39)40-29-36(27-28-41(40)51-42)38-18-9-16-33-24-23-32-13-7-8-17-37(32)43(33)38/h1-29H. The molecule has 51 heavy (non-hydrogen) atoms. The molecule has 0 spiro atoms. The van der Waals surface area contributed by atoms with E-state index in [2.05, 4.69) is 127 Å². The van der Waals surface area contributed by atoms with Crippen LogP contribution < -0.4 is 0 Å². The minimum absolute atomic E-state index is 0.598. The Balaban J connectivity index is 1.17. The molecular formula is C47H29N3O. The Hall–Kier alpha value is -6.91. The summed E-state index contributed by atoms with van der Waals surface area (Å²) in [7, 11) is 0. The molecule has 8 aromatic carbocycles. The summed E-state index contributed by atoms with van der Waals surface area (Å²) < 4.78 is 6.48. The Kier molecular flexibility index (Phi) is 6.78. The Morgan fingerprint density at radius 2 is 0.882 bits per heavy atom. The maximum Gasteiger partial charge on any atom is 0.164 e. The molecule has 0 unspecified atom stereocenters. The Morgan fingerprint density at radius 1 is 0.314 bits per heavy atom. The average Bonchev–Trinajstić information content (AvgIpc) is 3.59. The smallest absolute Gasteiger partial charge is 0.164 e. The van der Waals surface area contributed by atoms with Crippen LogP contribution in [0.3, 0.4) is 0 Å². The first-order valence-electron chi connectivity index (χ1n) is 17.1. The van der Waals surface area contributed by atoms with Crippen LogP contribution in [-0.2, 0) is 0 Å². The fraction of sp³-hybridized carbons (Fsp3) is 0. The van der Waals surface area contributed by atoms with Crippen LogP contribution in [0.1, 0.15) is 0 Å². The van der Waals surface area contributed by atoms with Gasteiger partial charge in [0, 0.05) is 27.5 Å². The molecule has 0 N–H and O–H groups in total. The zero-order chi connectivity index (χ0) is 33.7. The number of hydrogen-bond acceptors (Lipinski definition) is 4. The molecule has 0 fully saturated rings. The summed E-state index contributed by atoms with van der Waals surface area (Å²) in [5.74, 6) is 1.84. The minimum atomic E-state index is 0.598. The molecule has 4 heteroatoms. The lowest BCUT2D eigenvalue weighted by atomic mass is 9.93. The van der Waals surface area contributed by atoms with E-state index in [9.17, 15) is 0 Å². The second-order valence-corrected chi connectivity index (χ2v) is 12.8. The van der Waals surface area contributed by atoms with Crippen LogP contribution in [0.5, 0.6) is 0 Å². The molecule has 238 valence electrons. The highest BCUT2D eigenvalue weighted by Gasteiger charge is 2.19. The predicted molar refractivity (Wildman–Crippen MR) is 209 cm³/mol. The summed E-state index contributed by atoms with van der Waals surface area (Å²) in [5, 5.41) is 6.93. The Bertz CT molecular complexity index is 2900. The van der Waals surface area contributed by atoms with Crippen molar-refractivity contribution in [3.63, 3.8) is 0 Å². The largest absolute Gasteiger partial charge is 0.456 e. The molecule has 0 saturated carbocycles. The summed E-state index contributed by atoms with van der Waals surface area (Å²) >= 11 is 0. The van der Waals surface area contributed by atoms with Crippen LogP contribution in [0.25, 0.3) is 99.9 Å². The fourth-order valence-electron chi connectivity index (χ4n) is 7.26. The van der Waals surface area contributed by atoms with Gasteiger partial charge < -0.3 is 4.42 Å². The van der Waals surface area contributed by atoms with Crippen molar-refractivity contribution in [3.05, 3.63) is 176 Å². The van der Waals surface area contributed by atoms with Crippen LogP contribution in [0.4, 0.5) is 0 Å². The maximum atomic E-state index is 6.48. The van der Waals surface area contributed by atoms with E-state index in [0.717, 1.165) is 49.8 Å². The molecule has 2 heterocycles. The second kappa shape index (κ2) is 11.9. The van der Waals surface area contributed by atoms with Gasteiger partial charge in [0.25, 0.3) is 0 Å². The van der Waals surface area contributed by atoms with Gasteiger partial charge in [-0.2, -0.15) is 0 Å². The molecule has 0 aliphatic rings. The monoisotopic (exact) mass is 651 g/mol. The predicted octanol–water partition coefficient (Wildman–Crippen LogP) is 12.4. The van der Waals surface area contributed by atoms with Gasteiger partial charge in [-0.3, -0.25) is 0 Å². The number of fused-ring (bicyclic) bond motifs is 6. The van der Waals surface area contributed by atoms with E-state index in [4.69, 9.17) is 19.4 Å². The highest BCUT2D eigenvalue weighted by Crippen LogP contribution is 2.40. The molecule has 0 saturated heterocycles. The van der Waals surface area contributed by atoms with Crippen LogP contribution in [0.15, 0.2) is 180 Å². The van der Waals surface area contributed by atoms with Gasteiger partial charge in [0.15, 0.2) is 17.5 Å². The molecule has 0 aliphatic heterocycles. The number of benzene rings is 8. The first-order chi connectivity index (χ1) is 25.3. The van der Waals surface area contributed by atoms with Crippen molar-refractivity contribution in [2.45, 2.75) is 0 Å². The molecule has 0 radical (unpaired) electrons. The lowest BCUT2D eigenvalue weighted by Gasteiger charge is -2.11. The molecular weight excluding hydrogens is 623 g/mol. The lowest BCUT2D eigenvalue weighted by molar-refractivity contribution is 0.669. The normalized spacial score (nSPS) is 11.5. The van der Waals surface area contributed by atoms with E-state index in [1.807, 2.05) is 48.5 Å². The van der Waals surface area contributed by atoms with Crippen LogP contribution in [0.2, 0.25) is 0 Å². The van der Waals surface area contributed by atoms with Gasteiger partial charge >= 0.3 is 0 Å². The number of nitrogens with zero attached hydrogens (tertiary/aromatic N) is 3. The highest BCUT2D eigenvalue weighted by molar-refractivity contribution is 6.17. The summed E-state index contributed by atoms with van der Waals surface area (Å²) in [6.07, 6.45) is 0. The van der Waals surface area contributed by atoms with Gasteiger partial charge in [-0.25, -0.2) is 15.0 Å². The molecule has 2 aromatic heterocycles. The minimum Gasteiger partial charge on any atom is -0.456 e. The Labute approximate surface area is 294 Å². The first-order valence-corrected chi connectivity index (χ1v) is 17.1. The summed E-state index contributed by atoms with van der Waals surface area (Å²) in [6, 6.07) is 61.1. The lowest BCUT2D eigenvalue weighted by Crippen LogP contribution is -2.00. The van der Waals surface area contributed by atoms with Crippen LogP contribution in [-0.4, -0.2) is 15.0 Å². The van der Waals surface area contributed by atoms with Crippen molar-refractivity contribution >= 4 is 43.5 Å². The summed E-state index contributed by atoms with van der Waals surface area (Å²) in [4.78, 5) is 15.2. The van der Waals surface area contributed by atoms with Gasteiger partial charge in [0.2, 0.25) is 0 Å². The zero-order valence-electron chi connectivity index (χ0n) is 27.5. The fourth-order valence-corrected chi connectivity index (χ4v) is 7.26. The third kappa shape index (κ3) is 5.04. The van der Waals surface area contributed by atoms with Crippen molar-refractivity contribution in [2.75, 3.05) is 0 Å². The van der Waals surface area contributed by atoms with E-state index in [0.29, 0.717) is 17.5 Å². The molecule has 10 rings (SSSR count). The van der Waals surface area contributed by atoms with Crippen molar-refractivity contribution in [3.8, 4) is 56.4 Å². The second-order valence-electron chi connectivity index (χ2n) is 12.8. The number of rotatable bonds is 5. The van der Waals surface area contributed by atoms with E-state index in [1.165, 1.54) is 32.7 Å². The van der Waals surface area contributed by atoms with Crippen LogP contribution in [0, 0.1) is 0 Å². The molecule has 0 bridgehead atoms. The van der Waals surface area contributed by atoms with Gasteiger partial charge in [0.1, 0.15) is 11.2 Å². The van der Waals surface area contributed by atoms with E-state index >= 15 is 0 Å². The van der Waals surface area contributed by atoms with Crippen molar-refractivity contribution in [2.24, 2.45) is 0 Å². The van der Waals surface area contributed by atoms with E-state index in [-0.39, 0.29) is 0 Å². The molecule has 0 amide bonds. The topological polar surface area (TPSA) is 51.8 Å². The molecule has 10 aromatic rings. The zero-order valence-corrected chi connectivity index (χ0v) is 27.5. The average molecular weight is 652 g/mol.